The number of hydrogen-bond donors (Lipinski definition) is 2. The summed E-state index contributed by atoms with van der Waals surface area (Å²) in [5, 5.41) is 12.5. The molecule has 1 aromatic carbocycles. The Bertz CT molecular complexity index is 521. The monoisotopic (exact) mass is 256 g/mol. The van der Waals surface area contributed by atoms with Crippen LogP contribution in [0, 0.1) is 0 Å². The Morgan fingerprint density at radius 1 is 1.11 bits per heavy atom. The van der Waals surface area contributed by atoms with Gasteiger partial charge in [0.15, 0.2) is 0 Å². The van der Waals surface area contributed by atoms with Crippen LogP contribution < -0.4 is 5.32 Å². The Kier molecular flexibility index (Phi) is 4.66. The summed E-state index contributed by atoms with van der Waals surface area (Å²) in [5.74, 6) is 0. The van der Waals surface area contributed by atoms with Crippen molar-refractivity contribution in [2.45, 2.75) is 33.0 Å². The quantitative estimate of drug-likeness (QED) is 0.864. The molecule has 19 heavy (non-hydrogen) atoms. The van der Waals surface area contributed by atoms with Crippen LogP contribution in [0.5, 0.6) is 0 Å². The van der Waals surface area contributed by atoms with Crippen molar-refractivity contribution < 1.29 is 5.11 Å². The van der Waals surface area contributed by atoms with E-state index in [9.17, 15) is 0 Å². The van der Waals surface area contributed by atoms with Crippen LogP contribution in [0.1, 0.15) is 25.1 Å². The highest BCUT2D eigenvalue weighted by Crippen LogP contribution is 2.18. The predicted molar refractivity (Wildman–Crippen MR) is 77.6 cm³/mol. The van der Waals surface area contributed by atoms with Gasteiger partial charge in [0.25, 0.3) is 0 Å². The minimum Gasteiger partial charge on any atom is -0.390 e. The van der Waals surface area contributed by atoms with Crippen molar-refractivity contribution in [3.8, 4) is 11.3 Å². The highest BCUT2D eigenvalue weighted by Gasteiger charge is 2.01. The maximum absolute atomic E-state index is 9.10. The van der Waals surface area contributed by atoms with Gasteiger partial charge in [0.05, 0.1) is 18.0 Å². The van der Waals surface area contributed by atoms with Crippen molar-refractivity contribution >= 4 is 0 Å². The molecule has 3 nitrogen and oxygen atoms in total. The molecule has 0 amide bonds. The van der Waals surface area contributed by atoms with Gasteiger partial charge in [-0.25, -0.2) is 0 Å². The molecule has 0 saturated carbocycles. The Morgan fingerprint density at radius 2 is 1.84 bits per heavy atom. The van der Waals surface area contributed by atoms with Gasteiger partial charge in [0.1, 0.15) is 0 Å². The van der Waals surface area contributed by atoms with Crippen LogP contribution in [-0.2, 0) is 13.2 Å². The molecule has 0 aliphatic heterocycles. The normalized spacial score (nSPS) is 10.9. The van der Waals surface area contributed by atoms with Gasteiger partial charge in [-0.3, -0.25) is 4.98 Å². The molecular formula is C16H20N2O. The summed E-state index contributed by atoms with van der Waals surface area (Å²) < 4.78 is 0. The molecule has 1 heterocycles. The molecule has 0 unspecified atom stereocenters. The predicted octanol–water partition coefficient (Wildman–Crippen LogP) is 2.74. The SMILES string of the molecule is CC(C)NCc1ccc(-c2cccc(CO)n2)cc1. The van der Waals surface area contributed by atoms with E-state index in [1.165, 1.54) is 5.56 Å². The average molecular weight is 256 g/mol. The van der Waals surface area contributed by atoms with Crippen molar-refractivity contribution in [1.82, 2.24) is 10.3 Å². The van der Waals surface area contributed by atoms with Gasteiger partial charge in [-0.05, 0) is 17.7 Å². The third-order valence-corrected chi connectivity index (χ3v) is 2.93. The van der Waals surface area contributed by atoms with Gasteiger partial charge < -0.3 is 10.4 Å². The molecule has 0 aliphatic rings. The van der Waals surface area contributed by atoms with Crippen LogP contribution in [0.4, 0.5) is 0 Å². The van der Waals surface area contributed by atoms with Gasteiger partial charge in [-0.15, -0.1) is 0 Å². The Balaban J connectivity index is 2.13. The van der Waals surface area contributed by atoms with Crippen molar-refractivity contribution in [2.75, 3.05) is 0 Å². The molecule has 0 aliphatic carbocycles. The topological polar surface area (TPSA) is 45.1 Å². The summed E-state index contributed by atoms with van der Waals surface area (Å²) >= 11 is 0. The third kappa shape index (κ3) is 3.88. The zero-order valence-electron chi connectivity index (χ0n) is 11.4. The Morgan fingerprint density at radius 3 is 2.47 bits per heavy atom. The summed E-state index contributed by atoms with van der Waals surface area (Å²) in [6.45, 7) is 5.13. The first kappa shape index (κ1) is 13.7. The first-order valence-corrected chi connectivity index (χ1v) is 6.58. The van der Waals surface area contributed by atoms with E-state index < -0.39 is 0 Å². The van der Waals surface area contributed by atoms with Gasteiger partial charge in [-0.1, -0.05) is 44.2 Å². The van der Waals surface area contributed by atoms with Crippen molar-refractivity contribution in [3.05, 3.63) is 53.7 Å². The molecule has 0 radical (unpaired) electrons. The zero-order valence-corrected chi connectivity index (χ0v) is 11.4. The van der Waals surface area contributed by atoms with Crippen LogP contribution in [0.15, 0.2) is 42.5 Å². The lowest BCUT2D eigenvalue weighted by Gasteiger charge is -2.09. The smallest absolute Gasteiger partial charge is 0.0853 e. The fraction of sp³-hybridized carbons (Fsp3) is 0.312. The zero-order chi connectivity index (χ0) is 13.7. The minimum atomic E-state index is -0.0236. The summed E-state index contributed by atoms with van der Waals surface area (Å²) in [4.78, 5) is 4.40. The van der Waals surface area contributed by atoms with E-state index in [-0.39, 0.29) is 6.61 Å². The van der Waals surface area contributed by atoms with Crippen LogP contribution >= 0.6 is 0 Å². The van der Waals surface area contributed by atoms with Gasteiger partial charge in [0, 0.05) is 18.2 Å². The molecular weight excluding hydrogens is 236 g/mol. The highest BCUT2D eigenvalue weighted by atomic mass is 16.3. The summed E-state index contributed by atoms with van der Waals surface area (Å²) in [6, 6.07) is 14.5. The second-order valence-electron chi connectivity index (χ2n) is 4.90. The first-order valence-electron chi connectivity index (χ1n) is 6.58. The molecule has 0 spiro atoms. The molecule has 2 N–H and O–H groups in total. The number of benzene rings is 1. The molecule has 0 bridgehead atoms. The van der Waals surface area contributed by atoms with Gasteiger partial charge >= 0.3 is 0 Å². The lowest BCUT2D eigenvalue weighted by molar-refractivity contribution is 0.277. The fourth-order valence-electron chi connectivity index (χ4n) is 1.84. The summed E-state index contributed by atoms with van der Waals surface area (Å²) in [5.41, 5.74) is 3.93. The number of aliphatic hydroxyl groups is 1. The number of pyridine rings is 1. The molecule has 2 rings (SSSR count). The fourth-order valence-corrected chi connectivity index (χ4v) is 1.84. The minimum absolute atomic E-state index is 0.0236. The Hall–Kier alpha value is -1.71. The average Bonchev–Trinajstić information content (AvgIpc) is 2.45. The van der Waals surface area contributed by atoms with Gasteiger partial charge in [-0.2, -0.15) is 0 Å². The van der Waals surface area contributed by atoms with Gasteiger partial charge in [0.2, 0.25) is 0 Å². The number of nitrogens with zero attached hydrogens (tertiary/aromatic N) is 1. The number of aromatic nitrogens is 1. The van der Waals surface area contributed by atoms with Crippen LogP contribution in [0.25, 0.3) is 11.3 Å². The molecule has 100 valence electrons. The summed E-state index contributed by atoms with van der Waals surface area (Å²) in [7, 11) is 0. The van der Waals surface area contributed by atoms with E-state index >= 15 is 0 Å². The molecule has 3 heteroatoms. The Labute approximate surface area is 114 Å². The van der Waals surface area contributed by atoms with Crippen LogP contribution in [0.2, 0.25) is 0 Å². The second-order valence-corrected chi connectivity index (χ2v) is 4.90. The maximum atomic E-state index is 9.10. The van der Waals surface area contributed by atoms with Crippen LogP contribution in [0.3, 0.4) is 0 Å². The second kappa shape index (κ2) is 6.45. The lowest BCUT2D eigenvalue weighted by atomic mass is 10.1. The third-order valence-electron chi connectivity index (χ3n) is 2.93. The number of rotatable bonds is 5. The number of nitrogens with one attached hydrogen (secondary N) is 1. The molecule has 2 aromatic rings. The molecule has 1 aromatic heterocycles. The molecule has 0 fully saturated rings. The maximum Gasteiger partial charge on any atom is 0.0853 e. The van der Waals surface area contributed by atoms with Crippen molar-refractivity contribution in [2.24, 2.45) is 0 Å². The standard InChI is InChI=1S/C16H20N2O/c1-12(2)17-10-13-6-8-14(9-7-13)16-5-3-4-15(11-19)18-16/h3-9,12,17,19H,10-11H2,1-2H3. The number of hydrogen-bond acceptors (Lipinski definition) is 3. The highest BCUT2D eigenvalue weighted by molar-refractivity contribution is 5.59. The van der Waals surface area contributed by atoms with Crippen molar-refractivity contribution in [1.29, 1.82) is 0 Å². The van der Waals surface area contributed by atoms with E-state index in [0.29, 0.717) is 11.7 Å². The largest absolute Gasteiger partial charge is 0.390 e. The van der Waals surface area contributed by atoms with E-state index in [1.54, 1.807) is 0 Å². The number of aliphatic hydroxyl groups excluding tert-OH is 1. The molecule has 0 atom stereocenters. The molecule has 0 saturated heterocycles. The van der Waals surface area contributed by atoms with E-state index in [2.05, 4.69) is 48.4 Å². The van der Waals surface area contributed by atoms with Crippen molar-refractivity contribution in [3.63, 3.8) is 0 Å². The lowest BCUT2D eigenvalue weighted by Crippen LogP contribution is -2.21. The van der Waals surface area contributed by atoms with E-state index in [4.69, 9.17) is 5.11 Å². The first-order chi connectivity index (χ1) is 9.19. The van der Waals surface area contributed by atoms with E-state index in [1.807, 2.05) is 18.2 Å². The van der Waals surface area contributed by atoms with E-state index in [0.717, 1.165) is 17.8 Å². The van der Waals surface area contributed by atoms with Crippen LogP contribution in [-0.4, -0.2) is 16.1 Å². The summed E-state index contributed by atoms with van der Waals surface area (Å²) in [6.07, 6.45) is 0.